The van der Waals surface area contributed by atoms with Gasteiger partial charge in [0.2, 0.25) is 0 Å². The Bertz CT molecular complexity index is 606. The van der Waals surface area contributed by atoms with Gasteiger partial charge in [0, 0.05) is 12.2 Å². The topological polar surface area (TPSA) is 86.9 Å². The summed E-state index contributed by atoms with van der Waals surface area (Å²) in [6, 6.07) is 4.26. The highest BCUT2D eigenvalue weighted by Crippen LogP contribution is 2.17. The summed E-state index contributed by atoms with van der Waals surface area (Å²) in [6.45, 7) is 1.84. The molecule has 0 aliphatic heterocycles. The second-order valence-corrected chi connectivity index (χ2v) is 4.49. The molecule has 0 aliphatic rings. The van der Waals surface area contributed by atoms with Crippen molar-refractivity contribution in [1.29, 1.82) is 0 Å². The van der Waals surface area contributed by atoms with E-state index in [-0.39, 0.29) is 11.9 Å². The number of hydrogen-bond donors (Lipinski definition) is 2. The van der Waals surface area contributed by atoms with Gasteiger partial charge < -0.3 is 11.5 Å². The van der Waals surface area contributed by atoms with E-state index in [9.17, 15) is 9.18 Å². The van der Waals surface area contributed by atoms with Crippen LogP contribution in [0.25, 0.3) is 5.69 Å². The Morgan fingerprint density at radius 1 is 1.53 bits per heavy atom. The van der Waals surface area contributed by atoms with Crippen LogP contribution in [0.15, 0.2) is 30.6 Å². The first-order valence-corrected chi connectivity index (χ1v) is 5.86. The van der Waals surface area contributed by atoms with Crippen LogP contribution in [0.4, 0.5) is 4.39 Å². The molecular weight excluding hydrogens is 247 g/mol. The molecule has 6 heteroatoms. The molecule has 1 heterocycles. The van der Waals surface area contributed by atoms with Crippen molar-refractivity contribution in [2.45, 2.75) is 19.4 Å². The van der Waals surface area contributed by atoms with Crippen molar-refractivity contribution in [3.63, 3.8) is 0 Å². The molecule has 2 aromatic rings. The Morgan fingerprint density at radius 3 is 2.84 bits per heavy atom. The molecule has 0 saturated heterocycles. The summed E-state index contributed by atoms with van der Waals surface area (Å²) in [6.07, 6.45) is 3.40. The number of benzene rings is 1. The molecule has 4 N–H and O–H groups in total. The number of nitrogens with two attached hydrogens (primary N) is 2. The van der Waals surface area contributed by atoms with Gasteiger partial charge in [0.15, 0.2) is 0 Å². The van der Waals surface area contributed by atoms with Crippen molar-refractivity contribution in [2.24, 2.45) is 11.5 Å². The summed E-state index contributed by atoms with van der Waals surface area (Å²) in [4.78, 5) is 11.1. The summed E-state index contributed by atoms with van der Waals surface area (Å²) in [5.74, 6) is -0.885. The van der Waals surface area contributed by atoms with Gasteiger partial charge in [0.05, 0.1) is 17.4 Å². The Kier molecular flexibility index (Phi) is 3.62. The van der Waals surface area contributed by atoms with E-state index < -0.39 is 5.91 Å². The molecule has 5 nitrogen and oxygen atoms in total. The van der Waals surface area contributed by atoms with Gasteiger partial charge in [-0.2, -0.15) is 5.10 Å². The Hall–Kier alpha value is -2.21. The maximum Gasteiger partial charge on any atom is 0.251 e. The molecule has 1 atom stereocenters. The van der Waals surface area contributed by atoms with Crippen molar-refractivity contribution in [1.82, 2.24) is 9.78 Å². The van der Waals surface area contributed by atoms with Gasteiger partial charge in [-0.05, 0) is 37.1 Å². The van der Waals surface area contributed by atoms with Crippen LogP contribution in [-0.2, 0) is 6.42 Å². The fourth-order valence-electron chi connectivity index (χ4n) is 1.87. The van der Waals surface area contributed by atoms with Crippen LogP contribution >= 0.6 is 0 Å². The third-order valence-electron chi connectivity index (χ3n) is 2.70. The lowest BCUT2D eigenvalue weighted by atomic mass is 10.1. The predicted molar refractivity (Wildman–Crippen MR) is 69.4 cm³/mol. The van der Waals surface area contributed by atoms with Crippen LogP contribution in [-0.4, -0.2) is 21.7 Å². The van der Waals surface area contributed by atoms with Gasteiger partial charge >= 0.3 is 0 Å². The normalized spacial score (nSPS) is 12.4. The quantitative estimate of drug-likeness (QED) is 0.861. The number of hydrogen-bond acceptors (Lipinski definition) is 3. The third-order valence-corrected chi connectivity index (χ3v) is 2.70. The van der Waals surface area contributed by atoms with Gasteiger partial charge in [0.25, 0.3) is 5.91 Å². The Morgan fingerprint density at radius 2 is 2.26 bits per heavy atom. The lowest BCUT2D eigenvalue weighted by Gasteiger charge is -2.11. The molecule has 1 unspecified atom stereocenters. The highest BCUT2D eigenvalue weighted by molar-refractivity contribution is 5.92. The molecule has 0 aliphatic carbocycles. The maximum absolute atomic E-state index is 13.3. The van der Waals surface area contributed by atoms with Crippen molar-refractivity contribution in [3.8, 4) is 5.69 Å². The zero-order valence-electron chi connectivity index (χ0n) is 10.5. The summed E-state index contributed by atoms with van der Waals surface area (Å²) < 4.78 is 14.8. The van der Waals surface area contributed by atoms with Gasteiger partial charge in [0.1, 0.15) is 5.82 Å². The number of primary amides is 1. The van der Waals surface area contributed by atoms with Crippen LogP contribution in [0.3, 0.4) is 0 Å². The standard InChI is InChI=1S/C13H15FN4O/c1-8(15)4-9-5-11(14)2-3-12(9)18-7-10(6-17-18)13(16)19/h2-3,5-8H,4,15H2,1H3,(H2,16,19). The minimum absolute atomic E-state index is 0.105. The first kappa shape index (κ1) is 13.2. The van der Waals surface area contributed by atoms with Crippen molar-refractivity contribution < 1.29 is 9.18 Å². The molecule has 2 rings (SSSR count). The van der Waals surface area contributed by atoms with Gasteiger partial charge in [-0.3, -0.25) is 4.79 Å². The number of aromatic nitrogens is 2. The van der Waals surface area contributed by atoms with Gasteiger partial charge in [-0.15, -0.1) is 0 Å². The number of carbonyl (C=O) groups excluding carboxylic acids is 1. The summed E-state index contributed by atoms with van der Waals surface area (Å²) in [7, 11) is 0. The number of carbonyl (C=O) groups is 1. The Balaban J connectivity index is 2.45. The number of amides is 1. The smallest absolute Gasteiger partial charge is 0.251 e. The van der Waals surface area contributed by atoms with Crippen LogP contribution in [0, 0.1) is 5.82 Å². The molecule has 100 valence electrons. The van der Waals surface area contributed by atoms with E-state index in [1.807, 2.05) is 6.92 Å². The number of rotatable bonds is 4. The first-order chi connectivity index (χ1) is 8.97. The highest BCUT2D eigenvalue weighted by atomic mass is 19.1. The largest absolute Gasteiger partial charge is 0.366 e. The van der Waals surface area contributed by atoms with Crippen molar-refractivity contribution >= 4 is 5.91 Å². The molecule has 0 spiro atoms. The van der Waals surface area contributed by atoms with Gasteiger partial charge in [-0.1, -0.05) is 0 Å². The SMILES string of the molecule is CC(N)Cc1cc(F)ccc1-n1cc(C(N)=O)cn1. The van der Waals surface area contributed by atoms with Crippen molar-refractivity contribution in [3.05, 3.63) is 47.5 Å². The van der Waals surface area contributed by atoms with Crippen LogP contribution in [0.2, 0.25) is 0 Å². The molecule has 1 aromatic carbocycles. The summed E-state index contributed by atoms with van der Waals surface area (Å²) in [5, 5.41) is 4.06. The zero-order chi connectivity index (χ0) is 14.0. The molecule has 0 bridgehead atoms. The fourth-order valence-corrected chi connectivity index (χ4v) is 1.87. The van der Waals surface area contributed by atoms with Crippen LogP contribution < -0.4 is 11.5 Å². The molecule has 0 radical (unpaired) electrons. The highest BCUT2D eigenvalue weighted by Gasteiger charge is 2.11. The zero-order valence-corrected chi connectivity index (χ0v) is 10.5. The second-order valence-electron chi connectivity index (χ2n) is 4.49. The lowest BCUT2D eigenvalue weighted by molar-refractivity contribution is 0.100. The molecule has 1 amide bonds. The molecular formula is C13H15FN4O. The molecule has 0 fully saturated rings. The predicted octanol–water partition coefficient (Wildman–Crippen LogP) is 1.00. The first-order valence-electron chi connectivity index (χ1n) is 5.86. The fraction of sp³-hybridized carbons (Fsp3) is 0.231. The van der Waals surface area contributed by atoms with Crippen LogP contribution in [0.5, 0.6) is 0 Å². The van der Waals surface area contributed by atoms with E-state index in [2.05, 4.69) is 5.10 Å². The van der Waals surface area contributed by atoms with E-state index in [4.69, 9.17) is 11.5 Å². The maximum atomic E-state index is 13.3. The summed E-state index contributed by atoms with van der Waals surface area (Å²) >= 11 is 0. The third kappa shape index (κ3) is 2.97. The molecule has 1 aromatic heterocycles. The van der Waals surface area contributed by atoms with Crippen molar-refractivity contribution in [2.75, 3.05) is 0 Å². The Labute approximate surface area is 110 Å². The average Bonchev–Trinajstić information content (AvgIpc) is 2.77. The van der Waals surface area contributed by atoms with Crippen LogP contribution in [0.1, 0.15) is 22.8 Å². The van der Waals surface area contributed by atoms with E-state index in [1.165, 1.54) is 29.2 Å². The minimum atomic E-state index is -0.554. The van der Waals surface area contributed by atoms with E-state index >= 15 is 0 Å². The average molecular weight is 262 g/mol. The minimum Gasteiger partial charge on any atom is -0.366 e. The molecule has 19 heavy (non-hydrogen) atoms. The van der Waals surface area contributed by atoms with E-state index in [1.54, 1.807) is 6.07 Å². The van der Waals surface area contributed by atoms with Gasteiger partial charge in [-0.25, -0.2) is 9.07 Å². The lowest BCUT2D eigenvalue weighted by Crippen LogP contribution is -2.19. The van der Waals surface area contributed by atoms with E-state index in [0.717, 1.165) is 5.56 Å². The number of nitrogens with zero attached hydrogens (tertiary/aromatic N) is 2. The second kappa shape index (κ2) is 5.19. The van der Waals surface area contributed by atoms with E-state index in [0.29, 0.717) is 17.7 Å². The monoisotopic (exact) mass is 262 g/mol. The summed E-state index contributed by atoms with van der Waals surface area (Å²) in [5.41, 5.74) is 12.6. The molecule has 0 saturated carbocycles. The number of halogens is 1.